The number of carbonyl (C=O) groups excluding carboxylic acids is 1. The molecule has 118 valence electrons. The second kappa shape index (κ2) is 7.30. The van der Waals surface area contributed by atoms with Crippen molar-refractivity contribution in [1.29, 1.82) is 0 Å². The van der Waals surface area contributed by atoms with E-state index in [0.717, 1.165) is 16.5 Å². The number of halogens is 1. The zero-order valence-corrected chi connectivity index (χ0v) is 13.9. The number of urea groups is 1. The second-order valence-corrected chi connectivity index (χ2v) is 5.52. The standard InChI is InChI=1S/C16H14N4OS.ClH/c1-22-11-6-4-10(5-7-11)13-9-19-15(20-16(17)21)14-12(13)3-2-8-18-14;/h2-9H,1H3,(H3,17,19,20,21);1H. The second-order valence-electron chi connectivity index (χ2n) is 4.64. The fraction of sp³-hybridized carbons (Fsp3) is 0.0625. The monoisotopic (exact) mass is 346 g/mol. The van der Waals surface area contributed by atoms with Gasteiger partial charge in [-0.15, -0.1) is 24.2 Å². The number of aromatic nitrogens is 2. The average Bonchev–Trinajstić information content (AvgIpc) is 2.55. The maximum absolute atomic E-state index is 11.1. The number of anilines is 1. The Kier molecular flexibility index (Phi) is 5.41. The summed E-state index contributed by atoms with van der Waals surface area (Å²) in [6, 6.07) is 11.4. The van der Waals surface area contributed by atoms with E-state index in [1.54, 1.807) is 24.2 Å². The summed E-state index contributed by atoms with van der Waals surface area (Å²) >= 11 is 1.70. The Balaban J connectivity index is 0.00000192. The molecule has 0 aliphatic rings. The van der Waals surface area contributed by atoms with Crippen LogP contribution in [0, 0.1) is 0 Å². The normalized spacial score (nSPS) is 10.1. The molecule has 0 fully saturated rings. The minimum Gasteiger partial charge on any atom is -0.351 e. The molecule has 3 rings (SSSR count). The molecule has 7 heteroatoms. The molecule has 1 aromatic carbocycles. The number of nitrogens with one attached hydrogen (secondary N) is 1. The summed E-state index contributed by atoms with van der Waals surface area (Å²) in [5.74, 6) is 0.368. The first kappa shape index (κ1) is 17.1. The molecule has 0 radical (unpaired) electrons. The molecule has 0 bridgehead atoms. The molecule has 5 nitrogen and oxygen atoms in total. The highest BCUT2D eigenvalue weighted by Crippen LogP contribution is 2.31. The maximum atomic E-state index is 11.1. The maximum Gasteiger partial charge on any atom is 0.317 e. The first-order valence-corrected chi connectivity index (χ1v) is 7.86. The molecule has 3 aromatic rings. The van der Waals surface area contributed by atoms with Gasteiger partial charge in [0.25, 0.3) is 0 Å². The van der Waals surface area contributed by atoms with E-state index in [-0.39, 0.29) is 12.4 Å². The van der Waals surface area contributed by atoms with Crippen LogP contribution in [0.2, 0.25) is 0 Å². The van der Waals surface area contributed by atoms with Gasteiger partial charge < -0.3 is 5.73 Å². The van der Waals surface area contributed by atoms with Crippen LogP contribution in [-0.4, -0.2) is 22.3 Å². The molecular formula is C16H15ClN4OS. The van der Waals surface area contributed by atoms with Gasteiger partial charge in [-0.05, 0) is 30.0 Å². The van der Waals surface area contributed by atoms with E-state index in [1.165, 1.54) is 4.90 Å². The lowest BCUT2D eigenvalue weighted by atomic mass is 10.0. The Hall–Kier alpha value is -2.31. The Morgan fingerprint density at radius 1 is 1.17 bits per heavy atom. The molecule has 3 N–H and O–H groups in total. The summed E-state index contributed by atoms with van der Waals surface area (Å²) in [6.45, 7) is 0. The van der Waals surface area contributed by atoms with Gasteiger partial charge in [-0.1, -0.05) is 18.2 Å². The molecule has 2 aromatic heterocycles. The van der Waals surface area contributed by atoms with E-state index < -0.39 is 6.03 Å². The van der Waals surface area contributed by atoms with Crippen molar-refractivity contribution >= 4 is 46.9 Å². The number of benzene rings is 1. The molecule has 23 heavy (non-hydrogen) atoms. The number of carbonyl (C=O) groups is 1. The van der Waals surface area contributed by atoms with Gasteiger partial charge in [0.1, 0.15) is 5.52 Å². The zero-order chi connectivity index (χ0) is 15.5. The highest BCUT2D eigenvalue weighted by Gasteiger charge is 2.11. The van der Waals surface area contributed by atoms with E-state index in [1.807, 2.05) is 18.4 Å². The Bertz CT molecular complexity index is 839. The lowest BCUT2D eigenvalue weighted by Gasteiger charge is -2.10. The SMILES string of the molecule is CSc1ccc(-c2cnc(NC(N)=O)c3ncccc23)cc1.Cl. The summed E-state index contributed by atoms with van der Waals surface area (Å²) in [4.78, 5) is 20.9. The summed E-state index contributed by atoms with van der Waals surface area (Å²) in [7, 11) is 0. The van der Waals surface area contributed by atoms with Crippen LogP contribution in [0.25, 0.3) is 22.0 Å². The Labute approximate surface area is 144 Å². The average molecular weight is 347 g/mol. The van der Waals surface area contributed by atoms with Crippen LogP contribution in [0.1, 0.15) is 0 Å². The third kappa shape index (κ3) is 3.55. The summed E-state index contributed by atoms with van der Waals surface area (Å²) in [5.41, 5.74) is 7.81. The number of nitrogens with two attached hydrogens (primary N) is 1. The molecule has 0 aliphatic heterocycles. The molecule has 2 amide bonds. The minimum absolute atomic E-state index is 0. The van der Waals surface area contributed by atoms with E-state index in [4.69, 9.17) is 5.73 Å². The minimum atomic E-state index is -0.656. The van der Waals surface area contributed by atoms with Crippen LogP contribution in [0.5, 0.6) is 0 Å². The number of amides is 2. The number of rotatable bonds is 3. The number of thioether (sulfide) groups is 1. The van der Waals surface area contributed by atoms with Gasteiger partial charge in [0.05, 0.1) is 0 Å². The smallest absolute Gasteiger partial charge is 0.317 e. The van der Waals surface area contributed by atoms with Crippen LogP contribution in [0.15, 0.2) is 53.7 Å². The van der Waals surface area contributed by atoms with Crippen molar-refractivity contribution in [3.63, 3.8) is 0 Å². The van der Waals surface area contributed by atoms with Crippen molar-refractivity contribution in [2.45, 2.75) is 4.90 Å². The van der Waals surface area contributed by atoms with Crippen molar-refractivity contribution in [2.75, 3.05) is 11.6 Å². The molecule has 0 saturated heterocycles. The fourth-order valence-corrected chi connectivity index (χ4v) is 2.69. The molecule has 0 saturated carbocycles. The predicted molar refractivity (Wildman–Crippen MR) is 97.2 cm³/mol. The molecule has 0 unspecified atom stereocenters. The van der Waals surface area contributed by atoms with Gasteiger partial charge in [0.15, 0.2) is 5.82 Å². The highest BCUT2D eigenvalue weighted by atomic mass is 35.5. The number of hydrogen-bond donors (Lipinski definition) is 2. The first-order valence-electron chi connectivity index (χ1n) is 6.63. The topological polar surface area (TPSA) is 80.9 Å². The summed E-state index contributed by atoms with van der Waals surface area (Å²) in [5, 5.41) is 3.42. The summed E-state index contributed by atoms with van der Waals surface area (Å²) < 4.78 is 0. The van der Waals surface area contributed by atoms with E-state index >= 15 is 0 Å². The number of primary amides is 1. The van der Waals surface area contributed by atoms with Gasteiger partial charge in [0.2, 0.25) is 0 Å². The predicted octanol–water partition coefficient (Wildman–Crippen LogP) is 3.93. The third-order valence-corrected chi connectivity index (χ3v) is 4.03. The molecular weight excluding hydrogens is 332 g/mol. The van der Waals surface area contributed by atoms with E-state index in [9.17, 15) is 4.79 Å². The number of nitrogens with zero attached hydrogens (tertiary/aromatic N) is 2. The molecule has 2 heterocycles. The van der Waals surface area contributed by atoms with E-state index in [2.05, 4.69) is 39.6 Å². The van der Waals surface area contributed by atoms with Crippen LogP contribution >= 0.6 is 24.2 Å². The van der Waals surface area contributed by atoms with Gasteiger partial charge in [-0.3, -0.25) is 10.3 Å². The Morgan fingerprint density at radius 2 is 1.91 bits per heavy atom. The fourth-order valence-electron chi connectivity index (χ4n) is 2.28. The number of fused-ring (bicyclic) bond motifs is 1. The number of pyridine rings is 2. The van der Waals surface area contributed by atoms with Gasteiger partial charge >= 0.3 is 6.03 Å². The van der Waals surface area contributed by atoms with Crippen LogP contribution in [0.4, 0.5) is 10.6 Å². The Morgan fingerprint density at radius 3 is 2.57 bits per heavy atom. The zero-order valence-electron chi connectivity index (χ0n) is 12.3. The largest absolute Gasteiger partial charge is 0.351 e. The van der Waals surface area contributed by atoms with Gasteiger partial charge in [-0.2, -0.15) is 0 Å². The number of hydrogen-bond acceptors (Lipinski definition) is 4. The van der Waals surface area contributed by atoms with Crippen LogP contribution < -0.4 is 11.1 Å². The van der Waals surface area contributed by atoms with Crippen molar-refractivity contribution in [1.82, 2.24) is 9.97 Å². The highest BCUT2D eigenvalue weighted by molar-refractivity contribution is 7.98. The quantitative estimate of drug-likeness (QED) is 0.704. The molecule has 0 atom stereocenters. The third-order valence-electron chi connectivity index (χ3n) is 3.29. The van der Waals surface area contributed by atoms with Crippen molar-refractivity contribution < 1.29 is 4.79 Å². The molecule has 0 aliphatic carbocycles. The van der Waals surface area contributed by atoms with Crippen LogP contribution in [-0.2, 0) is 0 Å². The lowest BCUT2D eigenvalue weighted by molar-refractivity contribution is 0.259. The van der Waals surface area contributed by atoms with Crippen LogP contribution in [0.3, 0.4) is 0 Å². The van der Waals surface area contributed by atoms with Crippen molar-refractivity contribution in [2.24, 2.45) is 5.73 Å². The first-order chi connectivity index (χ1) is 10.7. The van der Waals surface area contributed by atoms with E-state index in [0.29, 0.717) is 11.3 Å². The van der Waals surface area contributed by atoms with Gasteiger partial charge in [0, 0.05) is 28.2 Å². The van der Waals surface area contributed by atoms with Crippen molar-refractivity contribution in [3.8, 4) is 11.1 Å². The summed E-state index contributed by atoms with van der Waals surface area (Å²) in [6.07, 6.45) is 5.43. The van der Waals surface area contributed by atoms with Gasteiger partial charge in [-0.25, -0.2) is 9.78 Å². The molecule has 0 spiro atoms. The van der Waals surface area contributed by atoms with Crippen molar-refractivity contribution in [3.05, 3.63) is 48.8 Å². The lowest BCUT2D eigenvalue weighted by Crippen LogP contribution is -2.20.